The van der Waals surface area contributed by atoms with Crippen LogP contribution in [0.25, 0.3) is 0 Å². The van der Waals surface area contributed by atoms with Gasteiger partial charge >= 0.3 is 0 Å². The quantitative estimate of drug-likeness (QED) is 0.777. The molecule has 0 bridgehead atoms. The maximum absolute atomic E-state index is 11.4. The highest BCUT2D eigenvalue weighted by atomic mass is 16.3. The van der Waals surface area contributed by atoms with Gasteiger partial charge < -0.3 is 5.11 Å². The summed E-state index contributed by atoms with van der Waals surface area (Å²) in [4.78, 5) is 11.4. The Balaban J connectivity index is 2.33. The van der Waals surface area contributed by atoms with Gasteiger partial charge in [0, 0.05) is 25.6 Å². The van der Waals surface area contributed by atoms with Crippen LogP contribution in [0.3, 0.4) is 0 Å². The standard InChI is InChI=1S/C11H14N2O2/c1-12-11(15)6-7-13(12)10-5-3-2-4-9(10)8-14/h2-5,14H,6-8H2,1H3. The van der Waals surface area contributed by atoms with Crippen LogP contribution < -0.4 is 5.01 Å². The highest BCUT2D eigenvalue weighted by molar-refractivity contribution is 5.81. The maximum atomic E-state index is 11.4. The predicted octanol–water partition coefficient (Wildman–Crippen LogP) is 0.762. The number of para-hydroxylation sites is 1. The van der Waals surface area contributed by atoms with Gasteiger partial charge in [-0.1, -0.05) is 18.2 Å². The first-order chi connectivity index (χ1) is 7.24. The lowest BCUT2D eigenvalue weighted by Gasteiger charge is -2.27. The summed E-state index contributed by atoms with van der Waals surface area (Å²) >= 11 is 0. The highest BCUT2D eigenvalue weighted by Crippen LogP contribution is 2.25. The number of nitrogens with zero attached hydrogens (tertiary/aromatic N) is 2. The molecule has 0 saturated carbocycles. The zero-order valence-electron chi connectivity index (χ0n) is 8.68. The highest BCUT2D eigenvalue weighted by Gasteiger charge is 2.26. The molecular formula is C11H14N2O2. The van der Waals surface area contributed by atoms with E-state index in [1.54, 1.807) is 12.1 Å². The number of carbonyl (C=O) groups excluding carboxylic acids is 1. The van der Waals surface area contributed by atoms with Crippen molar-refractivity contribution in [2.24, 2.45) is 0 Å². The van der Waals surface area contributed by atoms with Crippen LogP contribution in [0, 0.1) is 0 Å². The molecule has 80 valence electrons. The van der Waals surface area contributed by atoms with E-state index >= 15 is 0 Å². The number of aliphatic hydroxyl groups is 1. The van der Waals surface area contributed by atoms with E-state index in [9.17, 15) is 9.90 Å². The summed E-state index contributed by atoms with van der Waals surface area (Å²) < 4.78 is 0. The lowest BCUT2D eigenvalue weighted by molar-refractivity contribution is -0.126. The predicted molar refractivity (Wildman–Crippen MR) is 57.1 cm³/mol. The summed E-state index contributed by atoms with van der Waals surface area (Å²) in [5.74, 6) is 0.114. The normalized spacial score (nSPS) is 16.3. The van der Waals surface area contributed by atoms with Crippen LogP contribution in [-0.4, -0.2) is 29.6 Å². The molecule has 0 unspecified atom stereocenters. The molecule has 0 radical (unpaired) electrons. The van der Waals surface area contributed by atoms with E-state index in [4.69, 9.17) is 0 Å². The number of hydrazine groups is 1. The van der Waals surface area contributed by atoms with E-state index in [0.29, 0.717) is 13.0 Å². The molecule has 4 nitrogen and oxygen atoms in total. The number of rotatable bonds is 2. The van der Waals surface area contributed by atoms with Crippen molar-refractivity contribution < 1.29 is 9.90 Å². The van der Waals surface area contributed by atoms with Gasteiger partial charge in [0.25, 0.3) is 0 Å². The minimum atomic E-state index is -0.00525. The van der Waals surface area contributed by atoms with Gasteiger partial charge in [0.1, 0.15) is 0 Å². The van der Waals surface area contributed by atoms with E-state index in [1.165, 1.54) is 0 Å². The van der Waals surface area contributed by atoms with Crippen LogP contribution in [0.5, 0.6) is 0 Å². The molecule has 0 aliphatic carbocycles. The molecule has 1 fully saturated rings. The Bertz CT molecular complexity index is 379. The molecule has 1 amide bonds. The summed E-state index contributed by atoms with van der Waals surface area (Å²) in [5, 5.41) is 12.7. The monoisotopic (exact) mass is 206 g/mol. The van der Waals surface area contributed by atoms with Crippen molar-refractivity contribution >= 4 is 11.6 Å². The van der Waals surface area contributed by atoms with E-state index in [2.05, 4.69) is 0 Å². The Labute approximate surface area is 88.7 Å². The third kappa shape index (κ3) is 1.68. The summed E-state index contributed by atoms with van der Waals surface area (Å²) in [6.45, 7) is 0.682. The molecule has 0 aromatic heterocycles. The van der Waals surface area contributed by atoms with Crippen molar-refractivity contribution in [3.63, 3.8) is 0 Å². The molecule has 2 rings (SSSR count). The molecule has 15 heavy (non-hydrogen) atoms. The van der Waals surface area contributed by atoms with Crippen LogP contribution in [-0.2, 0) is 11.4 Å². The third-order valence-corrected chi connectivity index (χ3v) is 2.70. The molecule has 4 heteroatoms. The van der Waals surface area contributed by atoms with Crippen LogP contribution in [0.15, 0.2) is 24.3 Å². The first-order valence-electron chi connectivity index (χ1n) is 4.97. The summed E-state index contributed by atoms with van der Waals surface area (Å²) in [5.41, 5.74) is 1.76. The smallest absolute Gasteiger partial charge is 0.242 e. The molecule has 1 N–H and O–H groups in total. The van der Waals surface area contributed by atoms with E-state index in [1.807, 2.05) is 29.3 Å². The Morgan fingerprint density at radius 1 is 1.40 bits per heavy atom. The first kappa shape index (κ1) is 9.98. The number of benzene rings is 1. The van der Waals surface area contributed by atoms with Gasteiger partial charge in [0.2, 0.25) is 5.91 Å². The molecule has 1 saturated heterocycles. The fourth-order valence-electron chi connectivity index (χ4n) is 1.83. The Morgan fingerprint density at radius 2 is 2.13 bits per heavy atom. The van der Waals surface area contributed by atoms with E-state index < -0.39 is 0 Å². The second-order valence-corrected chi connectivity index (χ2v) is 3.58. The third-order valence-electron chi connectivity index (χ3n) is 2.70. The first-order valence-corrected chi connectivity index (χ1v) is 4.97. The molecule has 1 aromatic rings. The van der Waals surface area contributed by atoms with E-state index in [-0.39, 0.29) is 12.5 Å². The SMILES string of the molecule is CN1C(=O)CCN1c1ccccc1CO. The van der Waals surface area contributed by atoms with Crippen LogP contribution in [0.4, 0.5) is 5.69 Å². The van der Waals surface area contributed by atoms with Gasteiger partial charge in [0.15, 0.2) is 0 Å². The molecule has 1 aromatic carbocycles. The van der Waals surface area contributed by atoms with Crippen LogP contribution in [0.1, 0.15) is 12.0 Å². The van der Waals surface area contributed by atoms with Crippen molar-refractivity contribution in [1.82, 2.24) is 5.01 Å². The molecule has 1 heterocycles. The second-order valence-electron chi connectivity index (χ2n) is 3.58. The number of hydrogen-bond acceptors (Lipinski definition) is 3. The zero-order chi connectivity index (χ0) is 10.8. The Morgan fingerprint density at radius 3 is 2.73 bits per heavy atom. The number of anilines is 1. The number of amides is 1. The van der Waals surface area contributed by atoms with Crippen LogP contribution >= 0.6 is 0 Å². The maximum Gasteiger partial charge on any atom is 0.242 e. The van der Waals surface area contributed by atoms with Crippen molar-refractivity contribution in [3.8, 4) is 0 Å². The summed E-state index contributed by atoms with van der Waals surface area (Å²) in [7, 11) is 1.75. The number of hydrogen-bond donors (Lipinski definition) is 1. The lowest BCUT2D eigenvalue weighted by atomic mass is 10.2. The topological polar surface area (TPSA) is 43.8 Å². The van der Waals surface area contributed by atoms with Crippen molar-refractivity contribution in [2.45, 2.75) is 13.0 Å². The fraction of sp³-hybridized carbons (Fsp3) is 0.364. The average Bonchev–Trinajstić information content (AvgIpc) is 2.60. The van der Waals surface area contributed by atoms with Gasteiger partial charge in [-0.25, -0.2) is 0 Å². The zero-order valence-corrected chi connectivity index (χ0v) is 8.68. The molecule has 0 atom stereocenters. The van der Waals surface area contributed by atoms with Crippen molar-refractivity contribution in [1.29, 1.82) is 0 Å². The molecule has 0 spiro atoms. The molecular weight excluding hydrogens is 192 g/mol. The molecule has 1 aliphatic heterocycles. The minimum absolute atomic E-state index is 0.00525. The van der Waals surface area contributed by atoms with Gasteiger partial charge in [0.05, 0.1) is 12.3 Å². The fourth-order valence-corrected chi connectivity index (χ4v) is 1.83. The van der Waals surface area contributed by atoms with Crippen LogP contribution in [0.2, 0.25) is 0 Å². The Hall–Kier alpha value is -1.55. The van der Waals surface area contributed by atoms with Crippen molar-refractivity contribution in [3.05, 3.63) is 29.8 Å². The van der Waals surface area contributed by atoms with E-state index in [0.717, 1.165) is 11.3 Å². The van der Waals surface area contributed by atoms with Gasteiger partial charge in [-0.2, -0.15) is 0 Å². The van der Waals surface area contributed by atoms with Gasteiger partial charge in [-0.15, -0.1) is 0 Å². The largest absolute Gasteiger partial charge is 0.392 e. The van der Waals surface area contributed by atoms with Gasteiger partial charge in [-0.05, 0) is 6.07 Å². The number of carbonyl (C=O) groups is 1. The van der Waals surface area contributed by atoms with Crippen molar-refractivity contribution in [2.75, 3.05) is 18.6 Å². The summed E-state index contributed by atoms with van der Waals surface area (Å²) in [6, 6.07) is 7.57. The molecule has 1 aliphatic rings. The lowest BCUT2D eigenvalue weighted by Crippen LogP contribution is -2.36. The number of aliphatic hydroxyl groups excluding tert-OH is 1. The average molecular weight is 206 g/mol. The minimum Gasteiger partial charge on any atom is -0.392 e. The second kappa shape index (κ2) is 3.90. The summed E-state index contributed by atoms with van der Waals surface area (Å²) in [6.07, 6.45) is 0.538. The Kier molecular flexibility index (Phi) is 2.60. The van der Waals surface area contributed by atoms with Gasteiger partial charge in [-0.3, -0.25) is 14.8 Å².